The molecule has 7 nitrogen and oxygen atoms in total. The predicted molar refractivity (Wildman–Crippen MR) is 125 cm³/mol. The largest absolute Gasteiger partial charge is 0.481 e. The second-order valence-corrected chi connectivity index (χ2v) is 9.90. The number of amides is 2. The van der Waals surface area contributed by atoms with E-state index >= 15 is 0 Å². The minimum Gasteiger partial charge on any atom is -0.481 e. The first-order valence-corrected chi connectivity index (χ1v) is 12.4. The van der Waals surface area contributed by atoms with Gasteiger partial charge in [-0.25, -0.2) is 4.79 Å². The van der Waals surface area contributed by atoms with E-state index in [2.05, 4.69) is 29.6 Å². The molecule has 2 aliphatic carbocycles. The summed E-state index contributed by atoms with van der Waals surface area (Å²) >= 11 is 1.46. The molecule has 0 spiro atoms. The van der Waals surface area contributed by atoms with Crippen molar-refractivity contribution in [2.45, 2.75) is 5.92 Å². The van der Waals surface area contributed by atoms with Gasteiger partial charge in [-0.3, -0.25) is 9.59 Å². The lowest BCUT2D eigenvalue weighted by atomic mass is 9.98. The van der Waals surface area contributed by atoms with Gasteiger partial charge >= 0.3 is 12.1 Å². The molecule has 2 fully saturated rings. The van der Waals surface area contributed by atoms with Crippen LogP contribution in [-0.4, -0.2) is 65.7 Å². The van der Waals surface area contributed by atoms with Crippen molar-refractivity contribution in [3.05, 3.63) is 59.7 Å². The summed E-state index contributed by atoms with van der Waals surface area (Å²) in [6.07, 6.45) is -0.455. The lowest BCUT2D eigenvalue weighted by Gasteiger charge is -2.19. The maximum Gasteiger partial charge on any atom is 0.407 e. The summed E-state index contributed by atoms with van der Waals surface area (Å²) in [5.41, 5.74) is 4.73. The first kappa shape index (κ1) is 21.8. The number of carboxylic acid groups (broad SMARTS) is 1. The summed E-state index contributed by atoms with van der Waals surface area (Å²) in [5, 5.41) is 11.8. The molecule has 1 saturated carbocycles. The molecule has 2 amide bonds. The number of carbonyl (C=O) groups excluding carboxylic acids is 2. The zero-order valence-corrected chi connectivity index (χ0v) is 18.9. The van der Waals surface area contributed by atoms with E-state index in [0.29, 0.717) is 31.1 Å². The van der Waals surface area contributed by atoms with Gasteiger partial charge in [-0.1, -0.05) is 48.5 Å². The molecule has 1 heterocycles. The number of nitrogens with zero attached hydrogens (tertiary/aromatic N) is 1. The minimum absolute atomic E-state index is 0.0301. The van der Waals surface area contributed by atoms with Gasteiger partial charge in [-0.2, -0.15) is 11.8 Å². The summed E-state index contributed by atoms with van der Waals surface area (Å²) in [4.78, 5) is 37.3. The zero-order chi connectivity index (χ0) is 22.9. The molecule has 1 aliphatic heterocycles. The molecule has 2 unspecified atom stereocenters. The Morgan fingerprint density at radius 1 is 1.00 bits per heavy atom. The first-order valence-electron chi connectivity index (χ1n) is 11.2. The van der Waals surface area contributed by atoms with E-state index in [4.69, 9.17) is 9.84 Å². The third kappa shape index (κ3) is 4.31. The van der Waals surface area contributed by atoms with Gasteiger partial charge in [0.15, 0.2) is 0 Å². The highest BCUT2D eigenvalue weighted by molar-refractivity contribution is 7.99. The van der Waals surface area contributed by atoms with Crippen molar-refractivity contribution in [2.75, 3.05) is 37.7 Å². The number of carbonyl (C=O) groups is 3. The predicted octanol–water partition coefficient (Wildman–Crippen LogP) is 3.05. The summed E-state index contributed by atoms with van der Waals surface area (Å²) in [7, 11) is 0. The van der Waals surface area contributed by atoms with Crippen molar-refractivity contribution in [2.24, 2.45) is 17.8 Å². The Bertz CT molecular complexity index is 1030. The topological polar surface area (TPSA) is 95.9 Å². The van der Waals surface area contributed by atoms with Gasteiger partial charge in [0, 0.05) is 31.3 Å². The Hall–Kier alpha value is -3.00. The molecule has 33 heavy (non-hydrogen) atoms. The van der Waals surface area contributed by atoms with E-state index in [1.807, 2.05) is 24.3 Å². The third-order valence-corrected chi connectivity index (χ3v) is 7.86. The highest BCUT2D eigenvalue weighted by atomic mass is 32.2. The number of nitrogens with one attached hydrogen (secondary N) is 1. The number of alkyl carbamates (subject to hydrolysis) is 1. The second kappa shape index (κ2) is 9.09. The average molecular weight is 467 g/mol. The fourth-order valence-corrected chi connectivity index (χ4v) is 5.97. The summed E-state index contributed by atoms with van der Waals surface area (Å²) in [6, 6.07) is 16.4. The molecule has 0 radical (unpaired) electrons. The lowest BCUT2D eigenvalue weighted by Crippen LogP contribution is -2.34. The van der Waals surface area contributed by atoms with Crippen molar-refractivity contribution in [3.8, 4) is 11.1 Å². The maximum atomic E-state index is 12.3. The highest BCUT2D eigenvalue weighted by Gasteiger charge is 2.60. The second-order valence-electron chi connectivity index (χ2n) is 8.80. The molecule has 0 bridgehead atoms. The zero-order valence-electron chi connectivity index (χ0n) is 18.1. The molecule has 1 saturated heterocycles. The molecule has 2 aromatic rings. The monoisotopic (exact) mass is 466 g/mol. The Morgan fingerprint density at radius 3 is 2.21 bits per heavy atom. The van der Waals surface area contributed by atoms with Crippen LogP contribution in [0.15, 0.2) is 48.5 Å². The lowest BCUT2D eigenvalue weighted by molar-refractivity contribution is -0.140. The van der Waals surface area contributed by atoms with Gasteiger partial charge in [0.05, 0.1) is 11.7 Å². The van der Waals surface area contributed by atoms with Crippen LogP contribution in [0.3, 0.4) is 0 Å². The van der Waals surface area contributed by atoms with E-state index in [9.17, 15) is 14.4 Å². The smallest absolute Gasteiger partial charge is 0.407 e. The molecule has 8 heteroatoms. The van der Waals surface area contributed by atoms with Crippen LogP contribution in [0.5, 0.6) is 0 Å². The van der Waals surface area contributed by atoms with Gasteiger partial charge < -0.3 is 20.1 Å². The number of benzene rings is 2. The number of fused-ring (bicyclic) bond motifs is 4. The van der Waals surface area contributed by atoms with Crippen LogP contribution in [0, 0.1) is 17.8 Å². The third-order valence-electron chi connectivity index (χ3n) is 6.92. The number of carboxylic acids is 1. The molecule has 3 aliphatic rings. The van der Waals surface area contributed by atoms with E-state index < -0.39 is 12.1 Å². The number of likely N-dealkylation sites (tertiary alicyclic amines) is 1. The standard InChI is InChI=1S/C25H26N2O5S/c28-22(27-11-19-20(12-27)23(19)24(29)30)14-33-10-9-26-25(31)32-13-21-17-7-3-1-5-15(17)16-6-2-4-8-18(16)21/h1-8,19-21,23H,9-14H2,(H,26,31)(H,29,30). The van der Waals surface area contributed by atoms with Crippen molar-refractivity contribution in [1.82, 2.24) is 10.2 Å². The van der Waals surface area contributed by atoms with Crippen LogP contribution < -0.4 is 5.32 Å². The molecule has 0 aromatic heterocycles. The fourth-order valence-electron chi connectivity index (χ4n) is 5.22. The number of thioether (sulfide) groups is 1. The van der Waals surface area contributed by atoms with Crippen LogP contribution in [0.1, 0.15) is 17.0 Å². The Kier molecular flexibility index (Phi) is 6.01. The van der Waals surface area contributed by atoms with Crippen molar-refractivity contribution in [1.29, 1.82) is 0 Å². The highest BCUT2D eigenvalue weighted by Crippen LogP contribution is 2.51. The van der Waals surface area contributed by atoms with E-state index in [1.54, 1.807) is 4.90 Å². The van der Waals surface area contributed by atoms with Gasteiger partial charge in [-0.05, 0) is 34.1 Å². The van der Waals surface area contributed by atoms with E-state index in [1.165, 1.54) is 34.0 Å². The van der Waals surface area contributed by atoms with Crippen LogP contribution in [0.4, 0.5) is 4.79 Å². The molecular weight excluding hydrogens is 440 g/mol. The van der Waals surface area contributed by atoms with Crippen LogP contribution in [0.2, 0.25) is 0 Å². The normalized spacial score (nSPS) is 22.3. The number of rotatable bonds is 8. The van der Waals surface area contributed by atoms with E-state index in [0.717, 1.165) is 0 Å². The average Bonchev–Trinajstić information content (AvgIpc) is 3.18. The number of hydrogen-bond donors (Lipinski definition) is 2. The molecule has 5 rings (SSSR count). The maximum absolute atomic E-state index is 12.3. The quantitative estimate of drug-likeness (QED) is 0.581. The number of hydrogen-bond acceptors (Lipinski definition) is 5. The Morgan fingerprint density at radius 2 is 1.61 bits per heavy atom. The minimum atomic E-state index is -0.745. The number of ether oxygens (including phenoxy) is 1. The number of aliphatic carboxylic acids is 1. The first-order chi connectivity index (χ1) is 16.0. The molecule has 2 aromatic carbocycles. The fraction of sp³-hybridized carbons (Fsp3) is 0.400. The number of piperidine rings is 1. The summed E-state index contributed by atoms with van der Waals surface area (Å²) < 4.78 is 5.51. The summed E-state index contributed by atoms with van der Waals surface area (Å²) in [6.45, 7) is 1.80. The Labute approximate surface area is 196 Å². The van der Waals surface area contributed by atoms with Gasteiger partial charge in [-0.15, -0.1) is 0 Å². The van der Waals surface area contributed by atoms with Gasteiger partial charge in [0.25, 0.3) is 0 Å². The SMILES string of the molecule is O=C(NCCSCC(=O)N1CC2C(C1)C2C(=O)O)OCC1c2ccccc2-c2ccccc21. The summed E-state index contributed by atoms with van der Waals surface area (Å²) in [5.74, 6) is 0.269. The molecule has 2 N–H and O–H groups in total. The van der Waals surface area contributed by atoms with Crippen LogP contribution >= 0.6 is 11.8 Å². The van der Waals surface area contributed by atoms with Crippen molar-refractivity contribution in [3.63, 3.8) is 0 Å². The molecular formula is C25H26N2O5S. The van der Waals surface area contributed by atoms with Crippen LogP contribution in [0.25, 0.3) is 11.1 Å². The molecule has 2 atom stereocenters. The van der Waals surface area contributed by atoms with E-state index in [-0.39, 0.29) is 36.2 Å². The van der Waals surface area contributed by atoms with Gasteiger partial charge in [0.1, 0.15) is 6.61 Å². The van der Waals surface area contributed by atoms with Crippen molar-refractivity contribution < 1.29 is 24.2 Å². The van der Waals surface area contributed by atoms with Crippen molar-refractivity contribution >= 4 is 29.7 Å². The molecule has 172 valence electrons. The Balaban J connectivity index is 1.01. The van der Waals surface area contributed by atoms with Gasteiger partial charge in [0.2, 0.25) is 5.91 Å². The van der Waals surface area contributed by atoms with Crippen LogP contribution in [-0.2, 0) is 14.3 Å².